The fourth-order valence-electron chi connectivity index (χ4n) is 1.44. The van der Waals surface area contributed by atoms with Crippen molar-refractivity contribution in [1.29, 1.82) is 0 Å². The van der Waals surface area contributed by atoms with Gasteiger partial charge in [0.1, 0.15) is 11.6 Å². The van der Waals surface area contributed by atoms with Gasteiger partial charge in [-0.3, -0.25) is 9.59 Å². The molecule has 1 unspecified atom stereocenters. The predicted molar refractivity (Wildman–Crippen MR) is 52.2 cm³/mol. The second-order valence-electron chi connectivity index (χ2n) is 4.60. The van der Waals surface area contributed by atoms with E-state index in [9.17, 15) is 18.8 Å². The van der Waals surface area contributed by atoms with Crippen LogP contribution in [0.5, 0.6) is 0 Å². The molecule has 0 saturated carbocycles. The van der Waals surface area contributed by atoms with Gasteiger partial charge in [0.2, 0.25) is 5.91 Å². The Morgan fingerprint density at radius 3 is 2.44 bits per heavy atom. The monoisotopic (exact) mass is 231 g/mol. The lowest BCUT2D eigenvalue weighted by Crippen LogP contribution is -2.44. The number of halogens is 1. The van der Waals surface area contributed by atoms with Crippen LogP contribution < -0.4 is 0 Å². The summed E-state index contributed by atoms with van der Waals surface area (Å²) in [6.07, 6.45) is -0.960. The van der Waals surface area contributed by atoms with Crippen LogP contribution in [0, 0.1) is 0 Å². The maximum absolute atomic E-state index is 12.6. The van der Waals surface area contributed by atoms with Crippen molar-refractivity contribution in [1.82, 2.24) is 4.90 Å². The number of imide groups is 1. The average Bonchev–Trinajstić information content (AvgIpc) is 2.43. The van der Waals surface area contributed by atoms with Gasteiger partial charge in [0.25, 0.3) is 0 Å². The Kier molecular flexibility index (Phi) is 3.30. The third-order valence-electron chi connectivity index (χ3n) is 2.06. The maximum Gasteiger partial charge on any atom is 0.417 e. The molecule has 0 aromatic carbocycles. The summed E-state index contributed by atoms with van der Waals surface area (Å²) in [5, 5.41) is 0. The first kappa shape index (κ1) is 12.6. The molecule has 1 aliphatic rings. The summed E-state index contributed by atoms with van der Waals surface area (Å²) in [7, 11) is 0. The zero-order chi connectivity index (χ0) is 12.5. The van der Waals surface area contributed by atoms with Crippen molar-refractivity contribution < 1.29 is 23.5 Å². The van der Waals surface area contributed by atoms with Gasteiger partial charge in [0.05, 0.1) is 0 Å². The lowest BCUT2D eigenvalue weighted by atomic mass is 10.2. The number of carbonyl (C=O) groups is 3. The molecule has 6 heteroatoms. The molecule has 1 fully saturated rings. The molecule has 0 aromatic rings. The summed E-state index contributed by atoms with van der Waals surface area (Å²) in [5.74, 6) is -0.578. The van der Waals surface area contributed by atoms with E-state index in [4.69, 9.17) is 4.74 Å². The van der Waals surface area contributed by atoms with Gasteiger partial charge in [-0.2, -0.15) is 4.39 Å². The van der Waals surface area contributed by atoms with Gasteiger partial charge >= 0.3 is 12.1 Å². The molecule has 0 aromatic heterocycles. The number of nitrogens with zero attached hydrogens (tertiary/aromatic N) is 1. The number of ether oxygens (including phenoxy) is 1. The van der Waals surface area contributed by atoms with Crippen LogP contribution in [0.2, 0.25) is 0 Å². The van der Waals surface area contributed by atoms with E-state index in [2.05, 4.69) is 0 Å². The molecule has 1 aliphatic heterocycles. The molecule has 0 spiro atoms. The van der Waals surface area contributed by atoms with Crippen molar-refractivity contribution in [2.75, 3.05) is 0 Å². The molecule has 0 N–H and O–H groups in total. The van der Waals surface area contributed by atoms with Crippen LogP contribution in [0.25, 0.3) is 0 Å². The highest BCUT2D eigenvalue weighted by atomic mass is 19.1. The second kappa shape index (κ2) is 4.19. The van der Waals surface area contributed by atoms with Crippen LogP contribution >= 0.6 is 0 Å². The van der Waals surface area contributed by atoms with E-state index in [1.54, 1.807) is 20.8 Å². The molecule has 2 amide bonds. The first-order valence-corrected chi connectivity index (χ1v) is 4.97. The SMILES string of the molecule is CC(C)(C)OC(=O)N1C(=O)CCC1C(=O)F. The average molecular weight is 231 g/mol. The first-order chi connectivity index (χ1) is 7.22. The number of amides is 2. The Hall–Kier alpha value is -1.46. The number of hydrogen-bond donors (Lipinski definition) is 0. The first-order valence-electron chi connectivity index (χ1n) is 4.97. The zero-order valence-corrected chi connectivity index (χ0v) is 9.45. The van der Waals surface area contributed by atoms with E-state index in [0.717, 1.165) is 0 Å². The van der Waals surface area contributed by atoms with E-state index >= 15 is 0 Å². The minimum atomic E-state index is -1.68. The predicted octanol–water partition coefficient (Wildman–Crippen LogP) is 1.41. The molecule has 5 nitrogen and oxygen atoms in total. The van der Waals surface area contributed by atoms with Gasteiger partial charge in [0.15, 0.2) is 0 Å². The standard InChI is InChI=1S/C10H14FNO4/c1-10(2,3)16-9(15)12-6(8(11)14)4-5-7(12)13/h6H,4-5H2,1-3H3. The largest absolute Gasteiger partial charge is 0.443 e. The van der Waals surface area contributed by atoms with Crippen molar-refractivity contribution >= 4 is 18.0 Å². The highest BCUT2D eigenvalue weighted by Crippen LogP contribution is 2.22. The third kappa shape index (κ3) is 2.77. The lowest BCUT2D eigenvalue weighted by molar-refractivity contribution is -0.139. The highest BCUT2D eigenvalue weighted by Gasteiger charge is 2.42. The maximum atomic E-state index is 12.6. The Morgan fingerprint density at radius 1 is 1.44 bits per heavy atom. The van der Waals surface area contributed by atoms with Crippen LogP contribution in [0.3, 0.4) is 0 Å². The van der Waals surface area contributed by atoms with Crippen molar-refractivity contribution in [2.45, 2.75) is 45.3 Å². The quantitative estimate of drug-likeness (QED) is 0.640. The van der Waals surface area contributed by atoms with Gasteiger partial charge in [-0.25, -0.2) is 9.69 Å². The summed E-state index contributed by atoms with van der Waals surface area (Å²) in [6.45, 7) is 4.87. The van der Waals surface area contributed by atoms with E-state index in [1.807, 2.05) is 0 Å². The van der Waals surface area contributed by atoms with Crippen molar-refractivity contribution in [3.8, 4) is 0 Å². The smallest absolute Gasteiger partial charge is 0.417 e. The van der Waals surface area contributed by atoms with Crippen LogP contribution in [0.15, 0.2) is 0 Å². The molecular weight excluding hydrogens is 217 g/mol. The minimum Gasteiger partial charge on any atom is -0.443 e. The normalized spacial score (nSPS) is 21.1. The van der Waals surface area contributed by atoms with Gasteiger partial charge in [0, 0.05) is 6.42 Å². The molecular formula is C10H14FNO4. The number of carbonyl (C=O) groups excluding carboxylic acids is 3. The molecule has 0 radical (unpaired) electrons. The number of rotatable bonds is 1. The van der Waals surface area contributed by atoms with Gasteiger partial charge in [-0.15, -0.1) is 0 Å². The Labute approximate surface area is 92.5 Å². The lowest BCUT2D eigenvalue weighted by Gasteiger charge is -2.25. The van der Waals surface area contributed by atoms with Gasteiger partial charge in [-0.05, 0) is 27.2 Å². The molecule has 1 heterocycles. The van der Waals surface area contributed by atoms with Crippen LogP contribution in [-0.4, -0.2) is 34.6 Å². The second-order valence-corrected chi connectivity index (χ2v) is 4.60. The van der Waals surface area contributed by atoms with E-state index in [0.29, 0.717) is 4.90 Å². The van der Waals surface area contributed by atoms with Crippen molar-refractivity contribution in [2.24, 2.45) is 0 Å². The topological polar surface area (TPSA) is 63.7 Å². The van der Waals surface area contributed by atoms with E-state index < -0.39 is 29.7 Å². The molecule has 16 heavy (non-hydrogen) atoms. The molecule has 0 bridgehead atoms. The molecule has 90 valence electrons. The zero-order valence-electron chi connectivity index (χ0n) is 9.45. The Balaban J connectivity index is 2.80. The Bertz CT molecular complexity index is 334. The summed E-state index contributed by atoms with van der Waals surface area (Å²) < 4.78 is 17.5. The van der Waals surface area contributed by atoms with E-state index in [1.165, 1.54) is 0 Å². The summed E-state index contributed by atoms with van der Waals surface area (Å²) >= 11 is 0. The third-order valence-corrected chi connectivity index (χ3v) is 2.06. The Morgan fingerprint density at radius 2 is 2.00 bits per heavy atom. The van der Waals surface area contributed by atoms with Gasteiger partial charge < -0.3 is 4.74 Å². The van der Waals surface area contributed by atoms with E-state index in [-0.39, 0.29) is 12.8 Å². The molecule has 1 atom stereocenters. The van der Waals surface area contributed by atoms with Crippen molar-refractivity contribution in [3.63, 3.8) is 0 Å². The minimum absolute atomic E-state index is 0.0143. The summed E-state index contributed by atoms with van der Waals surface area (Å²) in [6, 6.07) is -3.00. The summed E-state index contributed by atoms with van der Waals surface area (Å²) in [5.41, 5.74) is -0.788. The van der Waals surface area contributed by atoms with Crippen LogP contribution in [0.1, 0.15) is 33.6 Å². The molecule has 0 aliphatic carbocycles. The number of likely N-dealkylation sites (tertiary alicyclic amines) is 1. The fourth-order valence-corrected chi connectivity index (χ4v) is 1.44. The molecule has 1 rings (SSSR count). The highest BCUT2D eigenvalue weighted by molar-refractivity contribution is 5.99. The number of hydrogen-bond acceptors (Lipinski definition) is 4. The van der Waals surface area contributed by atoms with Crippen LogP contribution in [-0.2, 0) is 14.3 Å². The van der Waals surface area contributed by atoms with Gasteiger partial charge in [-0.1, -0.05) is 0 Å². The van der Waals surface area contributed by atoms with Crippen molar-refractivity contribution in [3.05, 3.63) is 0 Å². The summed E-state index contributed by atoms with van der Waals surface area (Å²) in [4.78, 5) is 34.0. The van der Waals surface area contributed by atoms with Crippen LogP contribution in [0.4, 0.5) is 9.18 Å². The fraction of sp³-hybridized carbons (Fsp3) is 0.700. The molecule has 1 saturated heterocycles.